The number of hydrogen-bond donors (Lipinski definition) is 0. The summed E-state index contributed by atoms with van der Waals surface area (Å²) in [5.74, 6) is 1.72. The third-order valence-electron chi connectivity index (χ3n) is 11.0. The van der Waals surface area contributed by atoms with Crippen LogP contribution >= 0.6 is 0 Å². The van der Waals surface area contributed by atoms with Crippen molar-refractivity contribution in [2.45, 2.75) is 0 Å². The fraction of sp³-hybridized carbons (Fsp3) is 0. The second kappa shape index (κ2) is 11.5. The lowest BCUT2D eigenvalue weighted by molar-refractivity contribution is 0.669. The Kier molecular flexibility index (Phi) is 6.24. The lowest BCUT2D eigenvalue weighted by Gasteiger charge is -2.12. The summed E-state index contributed by atoms with van der Waals surface area (Å²) in [6.45, 7) is 0. The fourth-order valence-corrected chi connectivity index (χ4v) is 8.56. The number of furan rings is 1. The number of hydrogen-bond acceptors (Lipinski definition) is 4. The molecule has 0 unspecified atom stereocenters. The molecule has 0 N–H and O–H groups in total. The predicted molar refractivity (Wildman–Crippen MR) is 224 cm³/mol. The molecule has 0 aliphatic heterocycles. The average Bonchev–Trinajstić information content (AvgIpc) is 3.91. The molecule has 8 aromatic carbocycles. The van der Waals surface area contributed by atoms with Crippen molar-refractivity contribution < 1.29 is 4.42 Å². The quantitative estimate of drug-likeness (QED) is 0.183. The highest BCUT2D eigenvalue weighted by atomic mass is 16.3. The van der Waals surface area contributed by atoms with E-state index >= 15 is 0 Å². The molecule has 6 nitrogen and oxygen atoms in total. The smallest absolute Gasteiger partial charge is 0.238 e. The molecule has 0 aliphatic rings. The van der Waals surface area contributed by atoms with Gasteiger partial charge in [-0.05, 0) is 53.9 Å². The zero-order valence-corrected chi connectivity index (χ0v) is 29.4. The minimum absolute atomic E-state index is 0.552. The summed E-state index contributed by atoms with van der Waals surface area (Å²) in [4.78, 5) is 15.7. The summed E-state index contributed by atoms with van der Waals surface area (Å²) in [6, 6.07) is 61.4. The van der Waals surface area contributed by atoms with Gasteiger partial charge < -0.3 is 8.98 Å². The molecule has 12 aromatic rings. The monoisotopic (exact) mass is 703 g/mol. The lowest BCUT2D eigenvalue weighted by atomic mass is 10.0. The Balaban J connectivity index is 1.21. The van der Waals surface area contributed by atoms with Crippen molar-refractivity contribution >= 4 is 76.3 Å². The molecule has 0 saturated carbocycles. The van der Waals surface area contributed by atoms with E-state index in [1.807, 2.05) is 42.5 Å². The molecule has 0 bridgehead atoms. The molecule has 4 heterocycles. The van der Waals surface area contributed by atoms with Crippen LogP contribution in [0.5, 0.6) is 0 Å². The number of nitrogens with zero attached hydrogens (tertiary/aromatic N) is 5. The predicted octanol–water partition coefficient (Wildman–Crippen LogP) is 12.5. The van der Waals surface area contributed by atoms with Crippen molar-refractivity contribution in [3.63, 3.8) is 0 Å². The fourth-order valence-electron chi connectivity index (χ4n) is 8.56. The second-order valence-electron chi connectivity index (χ2n) is 14.0. The molecular formula is C49H29N5O. The number of rotatable bonds is 4. The number of benzene rings is 8. The molecule has 4 aromatic heterocycles. The van der Waals surface area contributed by atoms with Gasteiger partial charge in [-0.2, -0.15) is 9.97 Å². The van der Waals surface area contributed by atoms with E-state index in [0.717, 1.165) is 82.4 Å². The lowest BCUT2D eigenvalue weighted by Crippen LogP contribution is -2.06. The zero-order chi connectivity index (χ0) is 36.0. The first-order valence-electron chi connectivity index (χ1n) is 18.5. The number of fused-ring (bicyclic) bond motifs is 12. The molecule has 256 valence electrons. The first-order valence-corrected chi connectivity index (χ1v) is 18.5. The largest absolute Gasteiger partial charge is 0.456 e. The topological polar surface area (TPSA) is 61.7 Å². The molecule has 0 spiro atoms. The molecular weight excluding hydrogens is 675 g/mol. The van der Waals surface area contributed by atoms with Gasteiger partial charge in [0.1, 0.15) is 11.2 Å². The van der Waals surface area contributed by atoms with Gasteiger partial charge in [-0.3, -0.25) is 4.57 Å². The van der Waals surface area contributed by atoms with Gasteiger partial charge >= 0.3 is 0 Å². The summed E-state index contributed by atoms with van der Waals surface area (Å²) < 4.78 is 10.9. The van der Waals surface area contributed by atoms with Crippen molar-refractivity contribution in [2.75, 3.05) is 0 Å². The molecule has 12 rings (SSSR count). The number of aromatic nitrogens is 5. The van der Waals surface area contributed by atoms with Crippen LogP contribution in [-0.2, 0) is 0 Å². The Bertz CT molecular complexity index is 3490. The van der Waals surface area contributed by atoms with Crippen LogP contribution in [0.4, 0.5) is 0 Å². The molecule has 6 heteroatoms. The maximum atomic E-state index is 6.33. The van der Waals surface area contributed by atoms with Crippen molar-refractivity contribution in [1.29, 1.82) is 0 Å². The zero-order valence-electron chi connectivity index (χ0n) is 29.4. The SMILES string of the molecule is c1ccc(-c2nc(-c3ccc4c(c3)oc3ccccc34)nc(-n3c4ccc5c(c6ccccc6n5-c5ccccc5)c4c4ccc5ccccc5c43)n2)cc1. The molecule has 0 saturated heterocycles. The Morgan fingerprint density at radius 1 is 0.382 bits per heavy atom. The van der Waals surface area contributed by atoms with E-state index in [4.69, 9.17) is 19.4 Å². The minimum Gasteiger partial charge on any atom is -0.456 e. The van der Waals surface area contributed by atoms with E-state index in [-0.39, 0.29) is 0 Å². The van der Waals surface area contributed by atoms with Crippen molar-refractivity contribution in [2.24, 2.45) is 0 Å². The highest BCUT2D eigenvalue weighted by molar-refractivity contribution is 6.31. The Morgan fingerprint density at radius 2 is 1.00 bits per heavy atom. The third-order valence-corrected chi connectivity index (χ3v) is 11.0. The van der Waals surface area contributed by atoms with E-state index in [0.29, 0.717) is 17.6 Å². The normalized spacial score (nSPS) is 12.0. The second-order valence-corrected chi connectivity index (χ2v) is 14.0. The minimum atomic E-state index is 0.552. The van der Waals surface area contributed by atoms with Gasteiger partial charge in [0.15, 0.2) is 11.6 Å². The van der Waals surface area contributed by atoms with E-state index in [2.05, 4.69) is 143 Å². The molecule has 55 heavy (non-hydrogen) atoms. The molecule has 0 amide bonds. The molecule has 0 radical (unpaired) electrons. The first kappa shape index (κ1) is 29.9. The van der Waals surface area contributed by atoms with Gasteiger partial charge in [0.25, 0.3) is 0 Å². The maximum absolute atomic E-state index is 6.33. The molecule has 0 fully saturated rings. The number of para-hydroxylation sites is 3. The van der Waals surface area contributed by atoms with Crippen LogP contribution in [-0.4, -0.2) is 24.1 Å². The van der Waals surface area contributed by atoms with Crippen LogP contribution in [0.25, 0.3) is 111 Å². The highest BCUT2D eigenvalue weighted by Crippen LogP contribution is 2.44. The highest BCUT2D eigenvalue weighted by Gasteiger charge is 2.24. The van der Waals surface area contributed by atoms with Crippen LogP contribution in [0.1, 0.15) is 0 Å². The third kappa shape index (κ3) is 4.39. The van der Waals surface area contributed by atoms with E-state index < -0.39 is 0 Å². The molecule has 0 aliphatic carbocycles. The van der Waals surface area contributed by atoms with Crippen molar-refractivity contribution in [3.05, 3.63) is 176 Å². The van der Waals surface area contributed by atoms with Gasteiger partial charge in [0.2, 0.25) is 5.95 Å². The summed E-state index contributed by atoms with van der Waals surface area (Å²) in [5, 5.41) is 9.12. The van der Waals surface area contributed by atoms with Gasteiger partial charge in [-0.1, -0.05) is 127 Å². The van der Waals surface area contributed by atoms with Gasteiger partial charge in [0.05, 0.1) is 22.1 Å². The van der Waals surface area contributed by atoms with E-state index in [1.54, 1.807) is 0 Å². The van der Waals surface area contributed by atoms with Crippen molar-refractivity contribution in [1.82, 2.24) is 24.1 Å². The van der Waals surface area contributed by atoms with Crippen LogP contribution in [0.3, 0.4) is 0 Å². The Labute approximate surface area is 314 Å². The average molecular weight is 704 g/mol. The standard InChI is InChI=1S/C49H29N5O/c1-3-14-31(15-4-1)47-50-48(32-24-25-36-35-19-10-12-22-42(35)55-43(36)29-32)52-49(51-47)54-41-28-27-40-44(45(41)38-26-23-30-13-7-8-18-34(30)46(38)54)37-20-9-11-21-39(37)53(40)33-16-5-2-6-17-33/h1-29H. The van der Waals surface area contributed by atoms with Crippen LogP contribution in [0, 0.1) is 0 Å². The van der Waals surface area contributed by atoms with Gasteiger partial charge in [-0.25, -0.2) is 4.98 Å². The van der Waals surface area contributed by atoms with Crippen LogP contribution < -0.4 is 0 Å². The summed E-state index contributed by atoms with van der Waals surface area (Å²) in [7, 11) is 0. The van der Waals surface area contributed by atoms with Crippen LogP contribution in [0.15, 0.2) is 180 Å². The maximum Gasteiger partial charge on any atom is 0.238 e. The van der Waals surface area contributed by atoms with E-state index in [9.17, 15) is 0 Å². The van der Waals surface area contributed by atoms with Crippen LogP contribution in [0.2, 0.25) is 0 Å². The first-order chi connectivity index (χ1) is 27.3. The Hall–Kier alpha value is -7.57. The molecule has 0 atom stereocenters. The summed E-state index contributed by atoms with van der Waals surface area (Å²) >= 11 is 0. The summed E-state index contributed by atoms with van der Waals surface area (Å²) in [6.07, 6.45) is 0. The van der Waals surface area contributed by atoms with Gasteiger partial charge in [-0.15, -0.1) is 0 Å². The summed E-state index contributed by atoms with van der Waals surface area (Å²) in [5.41, 5.74) is 8.93. The van der Waals surface area contributed by atoms with Crippen molar-refractivity contribution in [3.8, 4) is 34.4 Å². The Morgan fingerprint density at radius 3 is 1.84 bits per heavy atom. The van der Waals surface area contributed by atoms with E-state index in [1.165, 1.54) is 10.8 Å². The van der Waals surface area contributed by atoms with Gasteiger partial charge in [0, 0.05) is 54.5 Å².